The third-order valence-corrected chi connectivity index (χ3v) is 3.56. The van der Waals surface area contributed by atoms with Crippen molar-refractivity contribution in [1.82, 2.24) is 0 Å². The van der Waals surface area contributed by atoms with Crippen molar-refractivity contribution in [2.24, 2.45) is 15.6 Å². The van der Waals surface area contributed by atoms with Gasteiger partial charge in [-0.25, -0.2) is 0 Å². The van der Waals surface area contributed by atoms with Crippen LogP contribution in [-0.4, -0.2) is 5.54 Å². The molecule has 1 unspecified atom stereocenters. The lowest BCUT2D eigenvalue weighted by Crippen LogP contribution is -2.35. The molecule has 0 aliphatic rings. The van der Waals surface area contributed by atoms with Crippen LogP contribution in [0.1, 0.15) is 27.7 Å². The smallest absolute Gasteiger partial charge is 0.169 e. The molecule has 0 aromatic heterocycles. The molecule has 0 aliphatic heterocycles. The average molecular weight is 294 g/mol. The van der Waals surface area contributed by atoms with Crippen LogP contribution in [-0.2, 0) is 0 Å². The Kier molecular flexibility index (Phi) is 4.05. The van der Waals surface area contributed by atoms with Crippen molar-refractivity contribution >= 4 is 21.6 Å². The van der Waals surface area contributed by atoms with E-state index in [1.54, 1.807) is 6.92 Å². The fraction of sp³-hybridized carbons (Fsp3) is 0.462. The molecule has 17 heavy (non-hydrogen) atoms. The third-order valence-electron chi connectivity index (χ3n) is 2.89. The molecule has 0 heterocycles. The van der Waals surface area contributed by atoms with Gasteiger partial charge < -0.3 is 0 Å². The molecule has 0 saturated heterocycles. The summed E-state index contributed by atoms with van der Waals surface area (Å²) < 4.78 is 0.873. The maximum atomic E-state index is 9.25. The Morgan fingerprint density at radius 1 is 1.18 bits per heavy atom. The van der Waals surface area contributed by atoms with Gasteiger partial charge in [-0.3, -0.25) is 0 Å². The molecule has 1 atom stereocenters. The zero-order valence-electron chi connectivity index (χ0n) is 10.5. The highest BCUT2D eigenvalue weighted by atomic mass is 79.9. The molecule has 4 heteroatoms. The Morgan fingerprint density at radius 2 is 1.76 bits per heavy atom. The van der Waals surface area contributed by atoms with Crippen LogP contribution in [0, 0.1) is 16.7 Å². The summed E-state index contributed by atoms with van der Waals surface area (Å²) in [5, 5.41) is 17.6. The Morgan fingerprint density at radius 3 is 2.24 bits per heavy atom. The van der Waals surface area contributed by atoms with E-state index in [0.29, 0.717) is 0 Å². The molecule has 3 nitrogen and oxygen atoms in total. The van der Waals surface area contributed by atoms with Crippen LogP contribution in [0.3, 0.4) is 0 Å². The highest BCUT2D eigenvalue weighted by Gasteiger charge is 2.38. The van der Waals surface area contributed by atoms with E-state index in [4.69, 9.17) is 0 Å². The quantitative estimate of drug-likeness (QED) is 0.718. The van der Waals surface area contributed by atoms with E-state index < -0.39 is 5.54 Å². The van der Waals surface area contributed by atoms with Crippen LogP contribution in [0.5, 0.6) is 0 Å². The number of nitriles is 1. The standard InChI is InChI=1S/C13H16BrN3/c1-12(2,3)13(4,9-15)17-16-11-8-6-5-7-10(11)14/h5-8H,1-4H3. The van der Waals surface area contributed by atoms with E-state index >= 15 is 0 Å². The molecule has 0 N–H and O–H groups in total. The first-order chi connectivity index (χ1) is 7.80. The highest BCUT2D eigenvalue weighted by molar-refractivity contribution is 9.10. The van der Waals surface area contributed by atoms with Crippen LogP contribution < -0.4 is 0 Å². The Balaban J connectivity index is 3.07. The van der Waals surface area contributed by atoms with Crippen molar-refractivity contribution < 1.29 is 0 Å². The lowest BCUT2D eigenvalue weighted by molar-refractivity contribution is 0.263. The first kappa shape index (κ1) is 13.9. The van der Waals surface area contributed by atoms with Crippen molar-refractivity contribution in [3.05, 3.63) is 28.7 Å². The summed E-state index contributed by atoms with van der Waals surface area (Å²) in [5.41, 5.74) is -0.354. The van der Waals surface area contributed by atoms with E-state index in [9.17, 15) is 5.26 Å². The summed E-state index contributed by atoms with van der Waals surface area (Å²) in [4.78, 5) is 0. The SMILES string of the molecule is CC(C)(C)C(C)(C#N)N=Nc1ccccc1Br. The lowest BCUT2D eigenvalue weighted by Gasteiger charge is -2.30. The first-order valence-corrected chi connectivity index (χ1v) is 6.18. The van der Waals surface area contributed by atoms with Gasteiger partial charge in [-0.1, -0.05) is 32.9 Å². The second-order valence-corrected chi connectivity index (χ2v) is 5.94. The largest absolute Gasteiger partial charge is 0.196 e. The first-order valence-electron chi connectivity index (χ1n) is 5.39. The van der Waals surface area contributed by atoms with Crippen LogP contribution in [0.2, 0.25) is 0 Å². The maximum absolute atomic E-state index is 9.25. The van der Waals surface area contributed by atoms with E-state index in [0.717, 1.165) is 10.2 Å². The number of hydrogen-bond acceptors (Lipinski definition) is 3. The average Bonchev–Trinajstić information content (AvgIpc) is 2.26. The third kappa shape index (κ3) is 3.13. The summed E-state index contributed by atoms with van der Waals surface area (Å²) in [5.74, 6) is 0. The molecule has 1 aromatic carbocycles. The van der Waals surface area contributed by atoms with Gasteiger partial charge in [0.1, 0.15) is 0 Å². The zero-order chi connectivity index (χ0) is 13.1. The van der Waals surface area contributed by atoms with Gasteiger partial charge in [0.15, 0.2) is 5.54 Å². The summed E-state index contributed by atoms with van der Waals surface area (Å²) in [6.07, 6.45) is 0. The van der Waals surface area contributed by atoms with Gasteiger partial charge in [0, 0.05) is 9.89 Å². The maximum Gasteiger partial charge on any atom is 0.169 e. The minimum Gasteiger partial charge on any atom is -0.196 e. The van der Waals surface area contributed by atoms with E-state index in [2.05, 4.69) is 32.2 Å². The molecule has 1 aromatic rings. The van der Waals surface area contributed by atoms with Gasteiger partial charge in [-0.2, -0.15) is 15.5 Å². The molecule has 90 valence electrons. The Bertz CT molecular complexity index is 468. The van der Waals surface area contributed by atoms with Gasteiger partial charge in [-0.15, -0.1) is 0 Å². The molecule has 1 rings (SSSR count). The predicted octanol–water partition coefficient (Wildman–Crippen LogP) is 4.86. The van der Waals surface area contributed by atoms with Crippen LogP contribution in [0.15, 0.2) is 39.0 Å². The second-order valence-electron chi connectivity index (χ2n) is 5.09. The van der Waals surface area contributed by atoms with E-state index in [-0.39, 0.29) is 5.41 Å². The molecule has 0 saturated carbocycles. The molecular weight excluding hydrogens is 278 g/mol. The highest BCUT2D eigenvalue weighted by Crippen LogP contribution is 2.35. The van der Waals surface area contributed by atoms with Gasteiger partial charge in [0.05, 0.1) is 11.8 Å². The molecule has 0 bridgehead atoms. The van der Waals surface area contributed by atoms with Crippen molar-refractivity contribution in [3.63, 3.8) is 0 Å². The van der Waals surface area contributed by atoms with Crippen LogP contribution in [0.25, 0.3) is 0 Å². The Labute approximate surface area is 111 Å². The van der Waals surface area contributed by atoms with Gasteiger partial charge in [0.25, 0.3) is 0 Å². The van der Waals surface area contributed by atoms with Crippen molar-refractivity contribution in [1.29, 1.82) is 5.26 Å². The number of nitrogens with zero attached hydrogens (tertiary/aromatic N) is 3. The molecule has 0 amide bonds. The summed E-state index contributed by atoms with van der Waals surface area (Å²) in [6.45, 7) is 7.74. The number of rotatable bonds is 2. The normalized spacial score (nSPS) is 15.5. The fourth-order valence-corrected chi connectivity index (χ4v) is 1.39. The van der Waals surface area contributed by atoms with Crippen molar-refractivity contribution in [2.45, 2.75) is 33.2 Å². The van der Waals surface area contributed by atoms with E-state index in [1.807, 2.05) is 45.0 Å². The minimum absolute atomic E-state index is 0.257. The molecule has 0 fully saturated rings. The summed E-state index contributed by atoms with van der Waals surface area (Å²) in [7, 11) is 0. The fourth-order valence-electron chi connectivity index (χ4n) is 1.03. The van der Waals surface area contributed by atoms with Crippen LogP contribution in [0.4, 0.5) is 5.69 Å². The van der Waals surface area contributed by atoms with Gasteiger partial charge in [0.2, 0.25) is 0 Å². The number of hydrogen-bond donors (Lipinski definition) is 0. The van der Waals surface area contributed by atoms with E-state index in [1.165, 1.54) is 0 Å². The monoisotopic (exact) mass is 293 g/mol. The van der Waals surface area contributed by atoms with Crippen molar-refractivity contribution in [3.8, 4) is 6.07 Å². The number of benzene rings is 1. The molecule has 0 aliphatic carbocycles. The van der Waals surface area contributed by atoms with Gasteiger partial charge >= 0.3 is 0 Å². The number of halogens is 1. The minimum atomic E-state index is -0.831. The molecule has 0 spiro atoms. The topological polar surface area (TPSA) is 48.5 Å². The number of azo groups is 1. The molecular formula is C13H16BrN3. The second kappa shape index (κ2) is 4.97. The summed E-state index contributed by atoms with van der Waals surface area (Å²) >= 11 is 3.40. The zero-order valence-corrected chi connectivity index (χ0v) is 12.1. The van der Waals surface area contributed by atoms with Crippen molar-refractivity contribution in [2.75, 3.05) is 0 Å². The Hall–Kier alpha value is -1.21. The summed E-state index contributed by atoms with van der Waals surface area (Å²) in [6, 6.07) is 9.79. The predicted molar refractivity (Wildman–Crippen MR) is 72.1 cm³/mol. The van der Waals surface area contributed by atoms with Crippen LogP contribution >= 0.6 is 15.9 Å². The lowest BCUT2D eigenvalue weighted by atomic mass is 9.77. The van der Waals surface area contributed by atoms with Gasteiger partial charge in [-0.05, 0) is 35.0 Å². The molecule has 0 radical (unpaired) electrons.